The molecule has 360 valence electrons. The summed E-state index contributed by atoms with van der Waals surface area (Å²) in [7, 11) is 0. The number of alkyl halides is 2. The maximum Gasteiger partial charge on any atom is 0.407 e. The molecule has 0 radical (unpaired) electrons. The van der Waals surface area contributed by atoms with Gasteiger partial charge in [0.2, 0.25) is 11.8 Å². The molecule has 3 amide bonds. The van der Waals surface area contributed by atoms with Crippen LogP contribution < -0.4 is 31.2 Å². The molecule has 5 N–H and O–H groups in total. The number of nitrogens with zero attached hydrogens (tertiary/aromatic N) is 2. The monoisotopic (exact) mass is 966 g/mol. The van der Waals surface area contributed by atoms with Gasteiger partial charge in [0.1, 0.15) is 17.1 Å². The van der Waals surface area contributed by atoms with E-state index in [-0.39, 0.29) is 42.2 Å². The number of carbonyl (C=O) groups is 5. The highest BCUT2D eigenvalue weighted by atomic mass is 35.5. The second kappa shape index (κ2) is 24.4. The fourth-order valence-corrected chi connectivity index (χ4v) is 6.09. The number of hydrogen-bond donors (Lipinski definition) is 4. The first-order chi connectivity index (χ1) is 32.0. The number of nitrogens with one attached hydrogen (secondary N) is 3. The molecule has 16 heteroatoms. The summed E-state index contributed by atoms with van der Waals surface area (Å²) >= 11 is 9.53. The largest absolute Gasteiger partial charge is 0.444 e. The number of anilines is 2. The molecule has 0 fully saturated rings. The Balaban J connectivity index is 0.000000286. The maximum absolute atomic E-state index is 13.3. The molecule has 0 aliphatic rings. The third-order valence-corrected chi connectivity index (χ3v) is 9.75. The van der Waals surface area contributed by atoms with Crippen molar-refractivity contribution in [1.29, 1.82) is 0 Å². The highest BCUT2D eigenvalue weighted by Crippen LogP contribution is 2.27. The van der Waals surface area contributed by atoms with E-state index in [1.54, 1.807) is 142 Å². The Morgan fingerprint density at radius 3 is 1.35 bits per heavy atom. The number of nitrogens with two attached hydrogens (primary N) is 1. The Hall–Kier alpha value is -6.61. The number of pyridine rings is 2. The molecule has 2 heterocycles. The van der Waals surface area contributed by atoms with Crippen molar-refractivity contribution in [1.82, 2.24) is 15.3 Å². The molecular formula is C52H60Cl2N6O8. The number of halogens is 2. The lowest BCUT2D eigenvalue weighted by molar-refractivity contribution is -0.143. The molecule has 2 aromatic heterocycles. The minimum atomic E-state index is -0.724. The van der Waals surface area contributed by atoms with Crippen LogP contribution in [0.3, 0.4) is 0 Å². The van der Waals surface area contributed by atoms with Crippen LogP contribution in [-0.2, 0) is 23.9 Å². The average molecular weight is 968 g/mol. The van der Waals surface area contributed by atoms with E-state index in [1.807, 2.05) is 42.5 Å². The molecule has 2 unspecified atom stereocenters. The molecule has 6 rings (SSSR count). The molecule has 0 saturated carbocycles. The fourth-order valence-electron chi connectivity index (χ4n) is 6.09. The molecule has 14 nitrogen and oxygen atoms in total. The van der Waals surface area contributed by atoms with E-state index < -0.39 is 34.4 Å². The zero-order valence-corrected chi connectivity index (χ0v) is 41.3. The lowest BCUT2D eigenvalue weighted by Crippen LogP contribution is -2.37. The number of ether oxygens (including phenoxy) is 3. The van der Waals surface area contributed by atoms with Crippen LogP contribution in [0.5, 0.6) is 11.5 Å². The van der Waals surface area contributed by atoms with Crippen LogP contribution in [0.1, 0.15) is 85.3 Å². The molecule has 0 spiro atoms. The van der Waals surface area contributed by atoms with Gasteiger partial charge in [0.05, 0.1) is 28.0 Å². The highest BCUT2D eigenvalue weighted by molar-refractivity contribution is 6.40. The van der Waals surface area contributed by atoms with Gasteiger partial charge in [-0.1, -0.05) is 36.4 Å². The van der Waals surface area contributed by atoms with Gasteiger partial charge < -0.3 is 35.9 Å². The fraction of sp³-hybridized carbons (Fsp3) is 0.327. The first kappa shape index (κ1) is 54.0. The Labute approximate surface area is 407 Å². The molecule has 6 aromatic rings. The number of carbonyl (C=O) groups excluding carboxylic acids is 5. The second-order valence-corrected chi connectivity index (χ2v) is 19.4. The lowest BCUT2D eigenvalue weighted by atomic mass is 9.96. The third-order valence-electron chi connectivity index (χ3n) is 9.75. The summed E-state index contributed by atoms with van der Waals surface area (Å²) in [5, 5.41) is 12.6. The minimum Gasteiger partial charge on any atom is -0.444 e. The summed E-state index contributed by atoms with van der Waals surface area (Å²) in [4.78, 5) is 70.8. The van der Waals surface area contributed by atoms with Crippen molar-refractivity contribution in [3.05, 3.63) is 133 Å². The second-order valence-electron chi connectivity index (χ2n) is 18.6. The van der Waals surface area contributed by atoms with E-state index in [1.165, 1.54) is 0 Å². The standard InChI is InChI=1S/C28H33N3O5.C23H25N3O3.CH2Cl2/c1-27(2,3)25(33)35-22-11-8-18(9-12-22)23(17-30-26(34)36-28(4,5)6)24(32)31-21-10-7-20-16-29-14-13-19(20)15-21;1-23(2,3)22(28)29-19-8-5-15(6-9-19)20(13-24)21(27)26-18-7-4-17-14-25-11-10-16(17)12-18;2-1-3/h7-16,23H,17H2,1-6H3,(H,30,34)(H,31,32);4-12,14,20H,13,24H2,1-3H3,(H,26,27);1H2. The van der Waals surface area contributed by atoms with Gasteiger partial charge in [-0.3, -0.25) is 29.1 Å². The zero-order valence-electron chi connectivity index (χ0n) is 39.8. The predicted octanol–water partition coefficient (Wildman–Crippen LogP) is 10.7. The normalized spacial score (nSPS) is 12.2. The van der Waals surface area contributed by atoms with Crippen molar-refractivity contribution in [2.75, 3.05) is 29.1 Å². The molecular weight excluding hydrogens is 908 g/mol. The molecule has 2 atom stereocenters. The summed E-state index contributed by atoms with van der Waals surface area (Å²) in [6.45, 7) is 16.2. The van der Waals surface area contributed by atoms with Crippen LogP contribution in [-0.4, -0.2) is 63.8 Å². The average Bonchev–Trinajstić information content (AvgIpc) is 3.27. The molecule has 4 aromatic carbocycles. The molecule has 0 aliphatic carbocycles. The summed E-state index contributed by atoms with van der Waals surface area (Å²) in [6, 6.07) is 28.5. The number of fused-ring (bicyclic) bond motifs is 2. The number of benzene rings is 4. The van der Waals surface area contributed by atoms with Crippen molar-refractivity contribution in [3.63, 3.8) is 0 Å². The molecule has 68 heavy (non-hydrogen) atoms. The smallest absolute Gasteiger partial charge is 0.407 e. The number of esters is 2. The molecule has 0 aliphatic heterocycles. The lowest BCUT2D eigenvalue weighted by Gasteiger charge is -2.22. The quantitative estimate of drug-likeness (QED) is 0.0547. The van der Waals surface area contributed by atoms with Crippen LogP contribution in [0.15, 0.2) is 122 Å². The van der Waals surface area contributed by atoms with Gasteiger partial charge in [-0.2, -0.15) is 0 Å². The predicted molar refractivity (Wildman–Crippen MR) is 269 cm³/mol. The van der Waals surface area contributed by atoms with Gasteiger partial charge in [0.25, 0.3) is 0 Å². The summed E-state index contributed by atoms with van der Waals surface area (Å²) in [6.07, 6.45) is 6.31. The van der Waals surface area contributed by atoms with E-state index >= 15 is 0 Å². The van der Waals surface area contributed by atoms with E-state index in [4.69, 9.17) is 43.1 Å². The van der Waals surface area contributed by atoms with Gasteiger partial charge >= 0.3 is 18.0 Å². The number of hydrogen-bond acceptors (Lipinski definition) is 11. The minimum absolute atomic E-state index is 0.0133. The van der Waals surface area contributed by atoms with Crippen molar-refractivity contribution in [2.45, 2.75) is 79.8 Å². The van der Waals surface area contributed by atoms with E-state index in [9.17, 15) is 24.0 Å². The Kier molecular flexibility index (Phi) is 19.4. The van der Waals surface area contributed by atoms with Gasteiger partial charge in [0.15, 0.2) is 0 Å². The SMILES string of the molecule is CC(C)(C)C(=O)Oc1ccc(C(CN)C(=O)Nc2ccc3cnccc3c2)cc1.CC(C)(C)OC(=O)NCC(C(=O)Nc1ccc2cnccc2c1)c1ccc(OC(=O)C(C)(C)C)cc1.ClCCl. The summed E-state index contributed by atoms with van der Waals surface area (Å²) in [5.74, 6) is -1.60. The van der Waals surface area contributed by atoms with Gasteiger partial charge in [-0.25, -0.2) is 4.79 Å². The Morgan fingerprint density at radius 1 is 0.574 bits per heavy atom. The van der Waals surface area contributed by atoms with Crippen LogP contribution in [0.2, 0.25) is 0 Å². The molecule has 0 bridgehead atoms. The van der Waals surface area contributed by atoms with Crippen LogP contribution in [0, 0.1) is 10.8 Å². The topological polar surface area (TPSA) is 201 Å². The van der Waals surface area contributed by atoms with Gasteiger partial charge in [-0.15, -0.1) is 23.2 Å². The zero-order chi connectivity index (χ0) is 50.2. The van der Waals surface area contributed by atoms with E-state index in [0.717, 1.165) is 27.1 Å². The van der Waals surface area contributed by atoms with Gasteiger partial charge in [-0.05, 0) is 145 Å². The highest BCUT2D eigenvalue weighted by Gasteiger charge is 2.27. The van der Waals surface area contributed by atoms with E-state index in [2.05, 4.69) is 25.9 Å². The van der Waals surface area contributed by atoms with Crippen LogP contribution >= 0.6 is 23.2 Å². The maximum atomic E-state index is 13.3. The van der Waals surface area contributed by atoms with E-state index in [0.29, 0.717) is 28.4 Å². The van der Waals surface area contributed by atoms with Crippen LogP contribution in [0.4, 0.5) is 16.2 Å². The van der Waals surface area contributed by atoms with Crippen molar-refractivity contribution >= 4 is 86.0 Å². The number of aromatic nitrogens is 2. The van der Waals surface area contributed by atoms with Gasteiger partial charge in [0, 0.05) is 60.0 Å². The Bertz CT molecular complexity index is 2660. The first-order valence-electron chi connectivity index (χ1n) is 21.7. The van der Waals surface area contributed by atoms with Crippen molar-refractivity contribution in [2.24, 2.45) is 16.6 Å². The number of amides is 3. The summed E-state index contributed by atoms with van der Waals surface area (Å²) in [5.41, 5.74) is 6.69. The number of alkyl carbamates (subject to hydrolysis) is 1. The Morgan fingerprint density at radius 2 is 0.971 bits per heavy atom. The molecule has 0 saturated heterocycles. The van der Waals surface area contributed by atoms with Crippen molar-refractivity contribution < 1.29 is 38.2 Å². The summed E-state index contributed by atoms with van der Waals surface area (Å²) < 4.78 is 16.1. The van der Waals surface area contributed by atoms with Crippen LogP contribution in [0.25, 0.3) is 21.5 Å². The third kappa shape index (κ3) is 16.9. The number of rotatable bonds is 11. The first-order valence-corrected chi connectivity index (χ1v) is 22.8. The van der Waals surface area contributed by atoms with Crippen molar-refractivity contribution in [3.8, 4) is 11.5 Å².